The van der Waals surface area contributed by atoms with E-state index in [0.29, 0.717) is 19.6 Å². The van der Waals surface area contributed by atoms with Crippen LogP contribution in [0.25, 0.3) is 0 Å². The van der Waals surface area contributed by atoms with Crippen LogP contribution in [0.3, 0.4) is 0 Å². The number of imide groups is 1. The molecule has 0 radical (unpaired) electrons. The third kappa shape index (κ3) is 2.27. The molecule has 0 aliphatic carbocycles. The zero-order valence-corrected chi connectivity index (χ0v) is 13.6. The summed E-state index contributed by atoms with van der Waals surface area (Å²) in [6.07, 6.45) is 0.286. The fourth-order valence-electron chi connectivity index (χ4n) is 3.18. The van der Waals surface area contributed by atoms with Crippen molar-refractivity contribution in [3.63, 3.8) is 0 Å². The first-order valence-corrected chi connectivity index (χ1v) is 8.28. The number of amides is 3. The average Bonchev–Trinajstić information content (AvgIpc) is 2.89. The number of carbonyl (C=O) groups is 3. The van der Waals surface area contributed by atoms with Gasteiger partial charge in [-0.25, -0.2) is 4.79 Å². The molecule has 122 valence electrons. The molecule has 3 heterocycles. The number of hydrogen-bond donors (Lipinski definition) is 1. The summed E-state index contributed by atoms with van der Waals surface area (Å²) in [7, 11) is 3.19. The average molecular weight is 328 g/mol. The van der Waals surface area contributed by atoms with Crippen LogP contribution in [-0.4, -0.2) is 82.8 Å². The van der Waals surface area contributed by atoms with Gasteiger partial charge < -0.3 is 9.64 Å². The Bertz CT molecular complexity index is 516. The SMILES string of the molecule is CCOC(=O)C1CCN2C(NC3C2C(=O)N(C)C(=O)N3C)S1. The Hall–Kier alpha value is -1.32. The summed E-state index contributed by atoms with van der Waals surface area (Å²) in [5.41, 5.74) is -0.163. The molecule has 0 aromatic heterocycles. The topological polar surface area (TPSA) is 82.2 Å². The van der Waals surface area contributed by atoms with Gasteiger partial charge in [-0.2, -0.15) is 0 Å². The summed E-state index contributed by atoms with van der Waals surface area (Å²) >= 11 is 1.45. The maximum Gasteiger partial charge on any atom is 0.327 e. The van der Waals surface area contributed by atoms with Crippen molar-refractivity contribution in [3.8, 4) is 0 Å². The molecule has 3 aliphatic heterocycles. The number of nitrogens with zero attached hydrogens (tertiary/aromatic N) is 3. The van der Waals surface area contributed by atoms with E-state index in [1.54, 1.807) is 18.9 Å². The normalized spacial score (nSPS) is 35.4. The zero-order valence-electron chi connectivity index (χ0n) is 12.8. The molecule has 1 N–H and O–H groups in total. The standard InChI is InChI=1S/C13H20N4O4S/c1-4-21-11(19)7-5-6-17-8-9(14-12(17)22-7)15(2)13(20)16(3)10(8)18/h7-9,12,14H,4-6H2,1-3H3. The predicted octanol–water partition coefficient (Wildman–Crippen LogP) is -0.538. The van der Waals surface area contributed by atoms with Crippen LogP contribution in [0, 0.1) is 0 Å². The van der Waals surface area contributed by atoms with Gasteiger partial charge >= 0.3 is 12.0 Å². The van der Waals surface area contributed by atoms with Gasteiger partial charge in [0.2, 0.25) is 0 Å². The fraction of sp³-hybridized carbons (Fsp3) is 0.769. The molecule has 3 saturated heterocycles. The second-order valence-electron chi connectivity index (χ2n) is 5.60. The van der Waals surface area contributed by atoms with E-state index in [1.165, 1.54) is 18.8 Å². The van der Waals surface area contributed by atoms with E-state index >= 15 is 0 Å². The number of thioether (sulfide) groups is 1. The first kappa shape index (κ1) is 15.6. The summed E-state index contributed by atoms with van der Waals surface area (Å²) in [5, 5.41) is 3.06. The molecule has 3 rings (SSSR count). The molecule has 3 fully saturated rings. The van der Waals surface area contributed by atoms with Gasteiger partial charge in [0, 0.05) is 20.6 Å². The minimum atomic E-state index is -0.395. The smallest absolute Gasteiger partial charge is 0.327 e. The molecule has 0 aromatic carbocycles. The van der Waals surface area contributed by atoms with E-state index in [-0.39, 0.29) is 34.8 Å². The van der Waals surface area contributed by atoms with Gasteiger partial charge in [0.05, 0.1) is 6.61 Å². The highest BCUT2D eigenvalue weighted by Crippen LogP contribution is 2.37. The first-order chi connectivity index (χ1) is 10.5. The summed E-state index contributed by atoms with van der Waals surface area (Å²) in [6.45, 7) is 2.77. The van der Waals surface area contributed by atoms with Crippen molar-refractivity contribution >= 4 is 29.7 Å². The minimum absolute atomic E-state index is 0.163. The Morgan fingerprint density at radius 2 is 2.14 bits per heavy atom. The van der Waals surface area contributed by atoms with Crippen molar-refractivity contribution in [2.75, 3.05) is 27.2 Å². The van der Waals surface area contributed by atoms with E-state index in [2.05, 4.69) is 5.32 Å². The van der Waals surface area contributed by atoms with Crippen molar-refractivity contribution in [2.45, 2.75) is 36.3 Å². The molecule has 22 heavy (non-hydrogen) atoms. The van der Waals surface area contributed by atoms with E-state index in [0.717, 1.165) is 4.90 Å². The highest BCUT2D eigenvalue weighted by Gasteiger charge is 2.55. The molecule has 9 heteroatoms. The highest BCUT2D eigenvalue weighted by molar-refractivity contribution is 8.01. The Balaban J connectivity index is 1.77. The third-order valence-corrected chi connectivity index (χ3v) is 5.77. The maximum absolute atomic E-state index is 12.4. The number of urea groups is 1. The van der Waals surface area contributed by atoms with Crippen LogP contribution in [0.4, 0.5) is 4.79 Å². The quantitative estimate of drug-likeness (QED) is 0.682. The van der Waals surface area contributed by atoms with Gasteiger partial charge in [0.25, 0.3) is 5.91 Å². The Kier molecular flexibility index (Phi) is 4.04. The molecule has 0 aromatic rings. The summed E-state index contributed by atoms with van der Waals surface area (Å²) < 4.78 is 5.08. The molecule has 0 bridgehead atoms. The molecule has 4 unspecified atom stereocenters. The second-order valence-corrected chi connectivity index (χ2v) is 6.89. The van der Waals surface area contributed by atoms with Gasteiger partial charge in [0.15, 0.2) is 0 Å². The van der Waals surface area contributed by atoms with Gasteiger partial charge in [-0.3, -0.25) is 24.7 Å². The van der Waals surface area contributed by atoms with Crippen LogP contribution in [0.15, 0.2) is 0 Å². The number of esters is 1. The van der Waals surface area contributed by atoms with Crippen molar-refractivity contribution in [3.05, 3.63) is 0 Å². The van der Waals surface area contributed by atoms with E-state index < -0.39 is 6.04 Å². The highest BCUT2D eigenvalue weighted by atomic mass is 32.2. The molecular weight excluding hydrogens is 308 g/mol. The predicted molar refractivity (Wildman–Crippen MR) is 79.8 cm³/mol. The van der Waals surface area contributed by atoms with Crippen LogP contribution in [0.5, 0.6) is 0 Å². The van der Waals surface area contributed by atoms with Gasteiger partial charge in [-0.15, -0.1) is 11.8 Å². The molecule has 3 aliphatic rings. The molecule has 0 spiro atoms. The summed E-state index contributed by atoms with van der Waals surface area (Å²) in [4.78, 5) is 41.1. The number of rotatable bonds is 2. The lowest BCUT2D eigenvalue weighted by Crippen LogP contribution is -2.65. The van der Waals surface area contributed by atoms with Crippen LogP contribution in [-0.2, 0) is 14.3 Å². The minimum Gasteiger partial charge on any atom is -0.465 e. The molecule has 8 nitrogen and oxygen atoms in total. The van der Waals surface area contributed by atoms with E-state index in [9.17, 15) is 14.4 Å². The number of likely N-dealkylation sites (N-methyl/N-ethyl adjacent to an activating group) is 2. The largest absolute Gasteiger partial charge is 0.465 e. The molecular formula is C13H20N4O4S. The number of fused-ring (bicyclic) bond motifs is 3. The monoisotopic (exact) mass is 328 g/mol. The number of ether oxygens (including phenoxy) is 1. The van der Waals surface area contributed by atoms with Gasteiger partial charge in [0.1, 0.15) is 23.0 Å². The van der Waals surface area contributed by atoms with E-state index in [1.807, 2.05) is 4.90 Å². The van der Waals surface area contributed by atoms with Crippen molar-refractivity contribution in [1.29, 1.82) is 0 Å². The van der Waals surface area contributed by atoms with Crippen molar-refractivity contribution in [2.24, 2.45) is 0 Å². The lowest BCUT2D eigenvalue weighted by atomic mass is 10.1. The second kappa shape index (κ2) is 5.71. The number of nitrogens with one attached hydrogen (secondary N) is 1. The maximum atomic E-state index is 12.4. The van der Waals surface area contributed by atoms with Gasteiger partial charge in [-0.05, 0) is 13.3 Å². The third-order valence-electron chi connectivity index (χ3n) is 4.35. The Labute approximate surface area is 133 Å². The molecule has 3 amide bonds. The number of carbonyl (C=O) groups excluding carboxylic acids is 3. The lowest BCUT2D eigenvalue weighted by Gasteiger charge is -2.40. The lowest BCUT2D eigenvalue weighted by molar-refractivity contribution is -0.142. The van der Waals surface area contributed by atoms with Crippen molar-refractivity contribution in [1.82, 2.24) is 20.0 Å². The zero-order chi connectivity index (χ0) is 16.0. The van der Waals surface area contributed by atoms with Crippen LogP contribution in [0.1, 0.15) is 13.3 Å². The molecule has 0 saturated carbocycles. The fourth-order valence-corrected chi connectivity index (χ4v) is 4.52. The van der Waals surface area contributed by atoms with Crippen molar-refractivity contribution < 1.29 is 19.1 Å². The molecule has 4 atom stereocenters. The Morgan fingerprint density at radius 1 is 1.41 bits per heavy atom. The number of hydrogen-bond acceptors (Lipinski definition) is 7. The first-order valence-electron chi connectivity index (χ1n) is 7.34. The van der Waals surface area contributed by atoms with Crippen LogP contribution >= 0.6 is 11.8 Å². The van der Waals surface area contributed by atoms with Crippen LogP contribution in [0.2, 0.25) is 0 Å². The Morgan fingerprint density at radius 3 is 2.82 bits per heavy atom. The van der Waals surface area contributed by atoms with E-state index in [4.69, 9.17) is 4.74 Å². The van der Waals surface area contributed by atoms with Crippen LogP contribution < -0.4 is 5.32 Å². The summed E-state index contributed by atoms with van der Waals surface area (Å²) in [6, 6.07) is -0.709. The van der Waals surface area contributed by atoms with Gasteiger partial charge in [-0.1, -0.05) is 0 Å². The summed E-state index contributed by atoms with van der Waals surface area (Å²) in [5.74, 6) is -0.407.